The first kappa shape index (κ1) is 15.5. The number of nitrogens with two attached hydrogens (primary N) is 1. The molecule has 1 unspecified atom stereocenters. The van der Waals surface area contributed by atoms with Crippen molar-refractivity contribution in [3.8, 4) is 5.75 Å². The number of carbonyl (C=O) groups is 1. The molecule has 1 aromatic rings. The topological polar surface area (TPSA) is 55.6 Å². The lowest BCUT2D eigenvalue weighted by Crippen LogP contribution is -2.44. The van der Waals surface area contributed by atoms with Crippen LogP contribution in [0.3, 0.4) is 0 Å². The van der Waals surface area contributed by atoms with Gasteiger partial charge in [0.2, 0.25) is 5.91 Å². The number of benzene rings is 1. The van der Waals surface area contributed by atoms with E-state index in [2.05, 4.69) is 0 Å². The Labute approximate surface area is 115 Å². The number of rotatable bonds is 5. The normalized spacial score (nSPS) is 12.4. The molecule has 4 heteroatoms. The maximum absolute atomic E-state index is 12.1. The predicted octanol–water partition coefficient (Wildman–Crippen LogP) is 1.95. The van der Waals surface area contributed by atoms with Crippen LogP contribution in [-0.4, -0.2) is 31.0 Å². The van der Waals surface area contributed by atoms with Gasteiger partial charge in [0.25, 0.3) is 0 Å². The number of amides is 1. The van der Waals surface area contributed by atoms with Crippen LogP contribution in [0.1, 0.15) is 25.0 Å². The van der Waals surface area contributed by atoms with Crippen molar-refractivity contribution in [3.63, 3.8) is 0 Å². The summed E-state index contributed by atoms with van der Waals surface area (Å²) in [5, 5.41) is 0. The molecule has 0 aliphatic heterocycles. The number of carbonyl (C=O) groups excluding carboxylic acids is 1. The monoisotopic (exact) mass is 264 g/mol. The van der Waals surface area contributed by atoms with Gasteiger partial charge in [-0.2, -0.15) is 0 Å². The number of likely N-dealkylation sites (N-methyl/N-ethyl adjacent to an activating group) is 1. The van der Waals surface area contributed by atoms with E-state index in [0.717, 1.165) is 16.9 Å². The Hall–Kier alpha value is -1.55. The summed E-state index contributed by atoms with van der Waals surface area (Å²) in [5.74, 6) is 0.885. The molecule has 0 aliphatic rings. The average molecular weight is 264 g/mol. The molecule has 0 radical (unpaired) electrons. The second kappa shape index (κ2) is 6.57. The third-order valence-corrected chi connectivity index (χ3v) is 3.22. The summed E-state index contributed by atoms with van der Waals surface area (Å²) >= 11 is 0. The van der Waals surface area contributed by atoms with Gasteiger partial charge in [-0.1, -0.05) is 31.5 Å². The lowest BCUT2D eigenvalue weighted by atomic mass is 10.0. The SMILES string of the molecule is COc1ccc(C)cc1CN(C)C(=O)C(N)C(C)C. The Morgan fingerprint density at radius 2 is 2.05 bits per heavy atom. The van der Waals surface area contributed by atoms with E-state index in [1.807, 2.05) is 39.0 Å². The Morgan fingerprint density at radius 3 is 2.58 bits per heavy atom. The number of nitrogens with zero attached hydrogens (tertiary/aromatic N) is 1. The number of hydrogen-bond acceptors (Lipinski definition) is 3. The number of methoxy groups -OCH3 is 1. The summed E-state index contributed by atoms with van der Waals surface area (Å²) in [6, 6.07) is 5.49. The van der Waals surface area contributed by atoms with Crippen molar-refractivity contribution in [2.45, 2.75) is 33.4 Å². The van der Waals surface area contributed by atoms with Gasteiger partial charge in [-0.3, -0.25) is 4.79 Å². The summed E-state index contributed by atoms with van der Waals surface area (Å²) in [6.07, 6.45) is 0. The molecular formula is C15H24N2O2. The average Bonchev–Trinajstić information content (AvgIpc) is 2.37. The Bertz CT molecular complexity index is 444. The smallest absolute Gasteiger partial charge is 0.239 e. The zero-order valence-electron chi connectivity index (χ0n) is 12.4. The summed E-state index contributed by atoms with van der Waals surface area (Å²) in [7, 11) is 3.40. The van der Waals surface area contributed by atoms with Crippen LogP contribution in [0.2, 0.25) is 0 Å². The third-order valence-electron chi connectivity index (χ3n) is 3.22. The van der Waals surface area contributed by atoms with Gasteiger partial charge >= 0.3 is 0 Å². The first-order valence-corrected chi connectivity index (χ1v) is 6.51. The van der Waals surface area contributed by atoms with E-state index in [9.17, 15) is 4.79 Å². The van der Waals surface area contributed by atoms with Gasteiger partial charge in [0.15, 0.2) is 0 Å². The van der Waals surface area contributed by atoms with Gasteiger partial charge < -0.3 is 15.4 Å². The van der Waals surface area contributed by atoms with Crippen molar-refractivity contribution < 1.29 is 9.53 Å². The van der Waals surface area contributed by atoms with Crippen molar-refractivity contribution >= 4 is 5.91 Å². The molecule has 19 heavy (non-hydrogen) atoms. The Balaban J connectivity index is 2.84. The molecule has 0 saturated carbocycles. The fourth-order valence-corrected chi connectivity index (χ4v) is 1.90. The molecule has 2 N–H and O–H groups in total. The van der Waals surface area contributed by atoms with Crippen LogP contribution in [0.15, 0.2) is 18.2 Å². The van der Waals surface area contributed by atoms with Gasteiger partial charge in [0.05, 0.1) is 13.2 Å². The highest BCUT2D eigenvalue weighted by atomic mass is 16.5. The molecule has 1 aromatic carbocycles. The summed E-state index contributed by atoms with van der Waals surface area (Å²) in [5.41, 5.74) is 8.03. The van der Waals surface area contributed by atoms with E-state index in [-0.39, 0.29) is 11.8 Å². The quantitative estimate of drug-likeness (QED) is 0.884. The largest absolute Gasteiger partial charge is 0.496 e. The van der Waals surface area contributed by atoms with Crippen LogP contribution in [0, 0.1) is 12.8 Å². The molecular weight excluding hydrogens is 240 g/mol. The molecule has 106 valence electrons. The molecule has 4 nitrogen and oxygen atoms in total. The van der Waals surface area contributed by atoms with Crippen molar-refractivity contribution in [3.05, 3.63) is 29.3 Å². The molecule has 0 spiro atoms. The van der Waals surface area contributed by atoms with Crippen LogP contribution in [0.25, 0.3) is 0 Å². The van der Waals surface area contributed by atoms with E-state index < -0.39 is 6.04 Å². The minimum absolute atomic E-state index is 0.0430. The molecule has 0 aliphatic carbocycles. The number of ether oxygens (including phenoxy) is 1. The van der Waals surface area contributed by atoms with Crippen LogP contribution in [0.5, 0.6) is 5.75 Å². The third kappa shape index (κ3) is 3.96. The lowest BCUT2D eigenvalue weighted by molar-refractivity contribution is -0.132. The zero-order chi connectivity index (χ0) is 14.6. The van der Waals surface area contributed by atoms with Gasteiger partial charge in [-0.05, 0) is 18.9 Å². The standard InChI is InChI=1S/C15H24N2O2/c1-10(2)14(16)15(18)17(4)9-12-8-11(3)6-7-13(12)19-5/h6-8,10,14H,9,16H2,1-5H3. The van der Waals surface area contributed by atoms with E-state index in [0.29, 0.717) is 6.54 Å². The van der Waals surface area contributed by atoms with Crippen LogP contribution < -0.4 is 10.5 Å². The summed E-state index contributed by atoms with van der Waals surface area (Å²) < 4.78 is 5.32. The molecule has 1 atom stereocenters. The fourth-order valence-electron chi connectivity index (χ4n) is 1.90. The zero-order valence-corrected chi connectivity index (χ0v) is 12.4. The van der Waals surface area contributed by atoms with Crippen molar-refractivity contribution in [2.24, 2.45) is 11.7 Å². The van der Waals surface area contributed by atoms with E-state index >= 15 is 0 Å². The maximum atomic E-state index is 12.1. The van der Waals surface area contributed by atoms with Crippen LogP contribution in [0.4, 0.5) is 0 Å². The van der Waals surface area contributed by atoms with Crippen LogP contribution in [-0.2, 0) is 11.3 Å². The predicted molar refractivity (Wildman–Crippen MR) is 77.0 cm³/mol. The Morgan fingerprint density at radius 1 is 1.42 bits per heavy atom. The van der Waals surface area contributed by atoms with Gasteiger partial charge in [0, 0.05) is 19.2 Å². The van der Waals surface area contributed by atoms with Crippen LogP contribution >= 0.6 is 0 Å². The molecule has 0 fully saturated rings. The van der Waals surface area contributed by atoms with E-state index in [4.69, 9.17) is 10.5 Å². The van der Waals surface area contributed by atoms with E-state index in [1.54, 1.807) is 19.1 Å². The summed E-state index contributed by atoms with van der Waals surface area (Å²) in [4.78, 5) is 13.8. The first-order valence-electron chi connectivity index (χ1n) is 6.51. The minimum atomic E-state index is -0.458. The molecule has 0 heterocycles. The highest BCUT2D eigenvalue weighted by molar-refractivity contribution is 5.81. The molecule has 0 bridgehead atoms. The van der Waals surface area contributed by atoms with Crippen molar-refractivity contribution in [1.82, 2.24) is 4.90 Å². The molecule has 1 amide bonds. The minimum Gasteiger partial charge on any atom is -0.496 e. The van der Waals surface area contributed by atoms with Crippen molar-refractivity contribution in [2.75, 3.05) is 14.2 Å². The van der Waals surface area contributed by atoms with Gasteiger partial charge in [-0.15, -0.1) is 0 Å². The molecule has 0 aromatic heterocycles. The second-order valence-electron chi connectivity index (χ2n) is 5.28. The lowest BCUT2D eigenvalue weighted by Gasteiger charge is -2.24. The number of hydrogen-bond donors (Lipinski definition) is 1. The maximum Gasteiger partial charge on any atom is 0.239 e. The highest BCUT2D eigenvalue weighted by Crippen LogP contribution is 2.21. The summed E-state index contributed by atoms with van der Waals surface area (Å²) in [6.45, 7) is 6.42. The number of aryl methyl sites for hydroxylation is 1. The van der Waals surface area contributed by atoms with E-state index in [1.165, 1.54) is 0 Å². The van der Waals surface area contributed by atoms with Gasteiger partial charge in [0.1, 0.15) is 5.75 Å². The molecule has 0 saturated heterocycles. The Kier molecular flexibility index (Phi) is 5.36. The highest BCUT2D eigenvalue weighted by Gasteiger charge is 2.21. The first-order chi connectivity index (χ1) is 8.86. The second-order valence-corrected chi connectivity index (χ2v) is 5.28. The van der Waals surface area contributed by atoms with Gasteiger partial charge in [-0.25, -0.2) is 0 Å². The molecule has 1 rings (SSSR count). The van der Waals surface area contributed by atoms with Crippen molar-refractivity contribution in [1.29, 1.82) is 0 Å². The fraction of sp³-hybridized carbons (Fsp3) is 0.533.